The van der Waals surface area contributed by atoms with E-state index < -0.39 is 0 Å². The van der Waals surface area contributed by atoms with Gasteiger partial charge in [-0.3, -0.25) is 4.79 Å². The molecule has 2 heterocycles. The highest BCUT2D eigenvalue weighted by Gasteiger charge is 2.24. The van der Waals surface area contributed by atoms with Gasteiger partial charge < -0.3 is 9.64 Å². The molecule has 0 atom stereocenters. The van der Waals surface area contributed by atoms with Crippen molar-refractivity contribution in [3.8, 4) is 5.88 Å². The smallest absolute Gasteiger partial charge is 0.232 e. The molecular weight excluding hydrogens is 327 g/mol. The number of halogens is 1. The summed E-state index contributed by atoms with van der Waals surface area (Å²) in [5.41, 5.74) is 0. The minimum Gasteiger partial charge on any atom is -0.474 e. The fourth-order valence-corrected chi connectivity index (χ4v) is 3.38. The number of hydrogen-bond acceptors (Lipinski definition) is 4. The van der Waals surface area contributed by atoms with Crippen LogP contribution in [0.5, 0.6) is 5.88 Å². The molecule has 4 nitrogen and oxygen atoms in total. The van der Waals surface area contributed by atoms with Crippen LogP contribution >= 0.6 is 11.8 Å². The molecule has 1 saturated heterocycles. The molecule has 0 spiro atoms. The van der Waals surface area contributed by atoms with E-state index in [1.807, 2.05) is 23.1 Å². The van der Waals surface area contributed by atoms with Crippen LogP contribution in [-0.2, 0) is 4.79 Å². The summed E-state index contributed by atoms with van der Waals surface area (Å²) in [6, 6.07) is 11.8. The van der Waals surface area contributed by atoms with Crippen LogP contribution in [0, 0.1) is 5.82 Å². The number of carbonyl (C=O) groups excluding carboxylic acids is 1. The van der Waals surface area contributed by atoms with Crippen LogP contribution in [0.3, 0.4) is 0 Å². The Labute approximate surface area is 145 Å². The molecule has 0 saturated carbocycles. The molecular formula is C18H19FN2O2S. The fraction of sp³-hybridized carbons (Fsp3) is 0.333. The van der Waals surface area contributed by atoms with Crippen LogP contribution in [0.1, 0.15) is 12.8 Å². The first-order valence-electron chi connectivity index (χ1n) is 7.94. The zero-order valence-electron chi connectivity index (χ0n) is 13.2. The third-order valence-corrected chi connectivity index (χ3v) is 4.89. The highest BCUT2D eigenvalue weighted by molar-refractivity contribution is 8.00. The second kappa shape index (κ2) is 8.15. The molecule has 0 N–H and O–H groups in total. The lowest BCUT2D eigenvalue weighted by molar-refractivity contribution is -0.130. The van der Waals surface area contributed by atoms with E-state index in [4.69, 9.17) is 4.74 Å². The number of thioether (sulfide) groups is 1. The Morgan fingerprint density at radius 1 is 1.21 bits per heavy atom. The SMILES string of the molecule is O=C(CSc1ccc(F)cc1)N1CCC(Oc2ccccn2)CC1. The van der Waals surface area contributed by atoms with Crippen molar-refractivity contribution in [2.75, 3.05) is 18.8 Å². The van der Waals surface area contributed by atoms with Crippen LogP contribution in [0.2, 0.25) is 0 Å². The molecule has 24 heavy (non-hydrogen) atoms. The molecule has 3 rings (SSSR count). The van der Waals surface area contributed by atoms with Crippen LogP contribution < -0.4 is 4.74 Å². The first kappa shape index (κ1) is 16.8. The van der Waals surface area contributed by atoms with Gasteiger partial charge in [-0.1, -0.05) is 6.07 Å². The quantitative estimate of drug-likeness (QED) is 0.779. The summed E-state index contributed by atoms with van der Waals surface area (Å²) in [7, 11) is 0. The van der Waals surface area contributed by atoms with Gasteiger partial charge in [0.25, 0.3) is 0 Å². The summed E-state index contributed by atoms with van der Waals surface area (Å²) in [5.74, 6) is 0.854. The Balaban J connectivity index is 1.42. The topological polar surface area (TPSA) is 42.4 Å². The number of ether oxygens (including phenoxy) is 1. The maximum atomic E-state index is 12.9. The molecule has 1 aliphatic rings. The van der Waals surface area contributed by atoms with Crippen molar-refractivity contribution in [1.29, 1.82) is 0 Å². The van der Waals surface area contributed by atoms with Gasteiger partial charge in [0.15, 0.2) is 0 Å². The summed E-state index contributed by atoms with van der Waals surface area (Å²) in [4.78, 5) is 19.2. The normalized spacial score (nSPS) is 15.3. The number of nitrogens with zero attached hydrogens (tertiary/aromatic N) is 2. The standard InChI is InChI=1S/C18H19FN2O2S/c19-14-4-6-16(7-5-14)24-13-18(22)21-11-8-15(9-12-21)23-17-3-1-2-10-20-17/h1-7,10,15H,8-9,11-13H2. The van der Waals surface area contributed by atoms with Gasteiger partial charge in [-0.25, -0.2) is 9.37 Å². The van der Waals surface area contributed by atoms with Crippen molar-refractivity contribution >= 4 is 17.7 Å². The molecule has 6 heteroatoms. The van der Waals surface area contributed by atoms with Gasteiger partial charge in [0.05, 0.1) is 5.75 Å². The largest absolute Gasteiger partial charge is 0.474 e. The zero-order valence-corrected chi connectivity index (χ0v) is 14.0. The number of benzene rings is 1. The summed E-state index contributed by atoms with van der Waals surface area (Å²) < 4.78 is 18.7. The Morgan fingerprint density at radius 2 is 1.96 bits per heavy atom. The lowest BCUT2D eigenvalue weighted by Gasteiger charge is -2.31. The third kappa shape index (κ3) is 4.71. The van der Waals surface area contributed by atoms with E-state index in [1.54, 1.807) is 18.3 Å². The monoisotopic (exact) mass is 346 g/mol. The van der Waals surface area contributed by atoms with Crippen LogP contribution in [0.25, 0.3) is 0 Å². The van der Waals surface area contributed by atoms with E-state index in [-0.39, 0.29) is 17.8 Å². The van der Waals surface area contributed by atoms with E-state index >= 15 is 0 Å². The van der Waals surface area contributed by atoms with E-state index in [2.05, 4.69) is 4.98 Å². The molecule has 0 bridgehead atoms. The molecule has 2 aromatic rings. The first-order valence-corrected chi connectivity index (χ1v) is 8.93. The summed E-state index contributed by atoms with van der Waals surface area (Å²) in [6.45, 7) is 1.39. The Morgan fingerprint density at radius 3 is 2.62 bits per heavy atom. The van der Waals surface area contributed by atoms with Gasteiger partial charge in [-0.2, -0.15) is 0 Å². The molecule has 1 aromatic carbocycles. The number of pyridine rings is 1. The highest BCUT2D eigenvalue weighted by Crippen LogP contribution is 2.21. The van der Waals surface area contributed by atoms with Gasteiger partial charge in [-0.15, -0.1) is 11.8 Å². The average molecular weight is 346 g/mol. The minimum atomic E-state index is -0.263. The van der Waals surface area contributed by atoms with E-state index in [0.29, 0.717) is 24.7 Å². The zero-order chi connectivity index (χ0) is 16.8. The van der Waals surface area contributed by atoms with E-state index in [0.717, 1.165) is 17.7 Å². The number of hydrogen-bond donors (Lipinski definition) is 0. The summed E-state index contributed by atoms with van der Waals surface area (Å²) in [5, 5.41) is 0. The van der Waals surface area contributed by atoms with Gasteiger partial charge in [0.1, 0.15) is 11.9 Å². The summed E-state index contributed by atoms with van der Waals surface area (Å²) in [6.07, 6.45) is 3.43. The Hall–Kier alpha value is -2.08. The van der Waals surface area contributed by atoms with Crippen molar-refractivity contribution in [2.24, 2.45) is 0 Å². The fourth-order valence-electron chi connectivity index (χ4n) is 2.58. The second-order valence-electron chi connectivity index (χ2n) is 5.61. The maximum absolute atomic E-state index is 12.9. The van der Waals surface area contributed by atoms with E-state index in [1.165, 1.54) is 23.9 Å². The molecule has 1 amide bonds. The van der Waals surface area contributed by atoms with Gasteiger partial charge in [-0.05, 0) is 30.3 Å². The van der Waals surface area contributed by atoms with Crippen molar-refractivity contribution in [3.05, 3.63) is 54.5 Å². The van der Waals surface area contributed by atoms with Crippen LogP contribution in [-0.4, -0.2) is 40.7 Å². The van der Waals surface area contributed by atoms with Crippen molar-refractivity contribution < 1.29 is 13.9 Å². The minimum absolute atomic E-state index is 0.105. The average Bonchev–Trinajstić information content (AvgIpc) is 2.62. The number of likely N-dealkylation sites (tertiary alicyclic amines) is 1. The van der Waals surface area contributed by atoms with E-state index in [9.17, 15) is 9.18 Å². The number of rotatable bonds is 5. The molecule has 0 aliphatic carbocycles. The molecule has 126 valence electrons. The molecule has 0 unspecified atom stereocenters. The predicted molar refractivity (Wildman–Crippen MR) is 91.6 cm³/mol. The number of aromatic nitrogens is 1. The Bertz CT molecular complexity index is 658. The number of carbonyl (C=O) groups is 1. The van der Waals surface area contributed by atoms with Crippen LogP contribution in [0.15, 0.2) is 53.6 Å². The first-order chi connectivity index (χ1) is 11.7. The van der Waals surface area contributed by atoms with Crippen molar-refractivity contribution in [1.82, 2.24) is 9.88 Å². The lowest BCUT2D eigenvalue weighted by atomic mass is 10.1. The predicted octanol–water partition coefficient (Wildman–Crippen LogP) is 3.38. The molecule has 0 radical (unpaired) electrons. The van der Waals surface area contributed by atoms with Crippen molar-refractivity contribution in [3.63, 3.8) is 0 Å². The van der Waals surface area contributed by atoms with Gasteiger partial charge >= 0.3 is 0 Å². The molecule has 1 aliphatic heterocycles. The second-order valence-corrected chi connectivity index (χ2v) is 6.66. The summed E-state index contributed by atoms with van der Waals surface area (Å²) >= 11 is 1.44. The van der Waals surface area contributed by atoms with Crippen molar-refractivity contribution in [2.45, 2.75) is 23.8 Å². The number of piperidine rings is 1. The number of amides is 1. The van der Waals surface area contributed by atoms with Gasteiger partial charge in [0, 0.05) is 43.1 Å². The maximum Gasteiger partial charge on any atom is 0.232 e. The third-order valence-electron chi connectivity index (χ3n) is 3.90. The lowest BCUT2D eigenvalue weighted by Crippen LogP contribution is -2.42. The Kier molecular flexibility index (Phi) is 5.69. The molecule has 1 aromatic heterocycles. The van der Waals surface area contributed by atoms with Crippen LogP contribution in [0.4, 0.5) is 4.39 Å². The highest BCUT2D eigenvalue weighted by atomic mass is 32.2. The molecule has 1 fully saturated rings. The van der Waals surface area contributed by atoms with Gasteiger partial charge in [0.2, 0.25) is 11.8 Å².